The molecule has 3 fully saturated rings. The number of nitrogens with zero attached hydrogens (tertiary/aromatic N) is 2. The molecule has 2 saturated carbocycles. The minimum atomic E-state index is -0.506. The number of imide groups is 1. The topological polar surface area (TPSA) is 79.0 Å². The summed E-state index contributed by atoms with van der Waals surface area (Å²) in [6.45, 7) is 3.20. The van der Waals surface area contributed by atoms with Crippen LogP contribution >= 0.6 is 0 Å². The van der Waals surface area contributed by atoms with Crippen molar-refractivity contribution in [1.29, 1.82) is 0 Å². The number of anilines is 1. The van der Waals surface area contributed by atoms with Crippen LogP contribution in [-0.2, 0) is 19.7 Å². The summed E-state index contributed by atoms with van der Waals surface area (Å²) in [6.07, 6.45) is 10.9. The minimum absolute atomic E-state index is 0.0518. The SMILES string of the molecule is COC(=O)C1(CN2CCC(CNC(=O)N3C(=O)C4(CCCC4)c4ccccc43)CC2)CCCCC1. The highest BCUT2D eigenvalue weighted by Gasteiger charge is 2.53. The standard InChI is InChI=1S/C28H39N3O4/c1-35-25(33)27(13-5-2-6-14-27)20-30-17-11-21(12-18-30)19-29-26(34)31-23-10-4-3-9-22(23)28(24(31)32)15-7-8-16-28/h3-4,9-10,21H,2,5-8,11-20H2,1H3,(H,29,34). The molecule has 1 saturated heterocycles. The molecule has 2 aliphatic carbocycles. The first-order chi connectivity index (χ1) is 17.0. The van der Waals surface area contributed by atoms with Crippen LogP contribution in [0.25, 0.3) is 0 Å². The third kappa shape index (κ3) is 4.37. The van der Waals surface area contributed by atoms with E-state index in [9.17, 15) is 14.4 Å². The summed E-state index contributed by atoms with van der Waals surface area (Å²) in [5, 5.41) is 3.08. The van der Waals surface area contributed by atoms with Crippen LogP contribution < -0.4 is 10.2 Å². The average molecular weight is 482 g/mol. The Labute approximate surface area is 208 Å². The van der Waals surface area contributed by atoms with Gasteiger partial charge < -0.3 is 15.0 Å². The van der Waals surface area contributed by atoms with Gasteiger partial charge in [0, 0.05) is 13.1 Å². The highest BCUT2D eigenvalue weighted by Crippen LogP contribution is 2.51. The van der Waals surface area contributed by atoms with Crippen molar-refractivity contribution in [2.45, 2.75) is 76.0 Å². The quantitative estimate of drug-likeness (QED) is 0.631. The number of piperidine rings is 1. The summed E-state index contributed by atoms with van der Waals surface area (Å²) >= 11 is 0. The highest BCUT2D eigenvalue weighted by atomic mass is 16.5. The first-order valence-corrected chi connectivity index (χ1v) is 13.5. The second-order valence-corrected chi connectivity index (χ2v) is 11.2. The summed E-state index contributed by atoms with van der Waals surface area (Å²) in [4.78, 5) is 43.1. The molecule has 0 radical (unpaired) electrons. The van der Waals surface area contributed by atoms with Crippen molar-refractivity contribution >= 4 is 23.6 Å². The smallest absolute Gasteiger partial charge is 0.328 e. The highest BCUT2D eigenvalue weighted by molar-refractivity contribution is 6.22. The van der Waals surface area contributed by atoms with Crippen LogP contribution in [-0.4, -0.2) is 56.1 Å². The Balaban J connectivity index is 1.16. The predicted octanol–water partition coefficient (Wildman–Crippen LogP) is 4.39. The first kappa shape index (κ1) is 24.3. The Morgan fingerprint density at radius 3 is 2.34 bits per heavy atom. The molecule has 3 amide bonds. The van der Waals surface area contributed by atoms with Gasteiger partial charge in [0.2, 0.25) is 5.91 Å². The van der Waals surface area contributed by atoms with Crippen LogP contribution in [0, 0.1) is 11.3 Å². The number of benzene rings is 1. The lowest BCUT2D eigenvalue weighted by Crippen LogP contribution is -2.50. The lowest BCUT2D eigenvalue weighted by molar-refractivity contribution is -0.156. The number of likely N-dealkylation sites (tertiary alicyclic amines) is 1. The monoisotopic (exact) mass is 481 g/mol. The zero-order valence-electron chi connectivity index (χ0n) is 21.0. The maximum atomic E-state index is 13.4. The van der Waals surface area contributed by atoms with Crippen molar-refractivity contribution in [2.24, 2.45) is 11.3 Å². The molecule has 0 unspecified atom stereocenters. The van der Waals surface area contributed by atoms with Gasteiger partial charge in [-0.15, -0.1) is 0 Å². The maximum absolute atomic E-state index is 13.4. The fraction of sp³-hybridized carbons (Fsp3) is 0.679. The third-order valence-corrected chi connectivity index (χ3v) is 9.14. The molecular formula is C28H39N3O4. The van der Waals surface area contributed by atoms with E-state index >= 15 is 0 Å². The number of methoxy groups -OCH3 is 1. The summed E-state index contributed by atoms with van der Waals surface area (Å²) in [6, 6.07) is 7.51. The Morgan fingerprint density at radius 2 is 1.66 bits per heavy atom. The molecule has 190 valence electrons. The number of carbonyl (C=O) groups is 3. The normalized spacial score (nSPS) is 23.9. The number of fused-ring (bicyclic) bond motifs is 2. The van der Waals surface area contributed by atoms with Gasteiger partial charge in [-0.3, -0.25) is 9.59 Å². The number of para-hydroxylation sites is 1. The van der Waals surface area contributed by atoms with Crippen molar-refractivity contribution in [2.75, 3.05) is 38.2 Å². The Hall–Kier alpha value is -2.41. The second-order valence-electron chi connectivity index (χ2n) is 11.2. The summed E-state index contributed by atoms with van der Waals surface area (Å²) in [5.74, 6) is 0.273. The third-order valence-electron chi connectivity index (χ3n) is 9.14. The van der Waals surface area contributed by atoms with Crippen LogP contribution in [0.4, 0.5) is 10.5 Å². The lowest BCUT2D eigenvalue weighted by atomic mass is 9.73. The van der Waals surface area contributed by atoms with Crippen molar-refractivity contribution in [3.8, 4) is 0 Å². The van der Waals surface area contributed by atoms with E-state index in [1.54, 1.807) is 0 Å². The number of esters is 1. The Kier molecular flexibility index (Phi) is 6.88. The molecular weight excluding hydrogens is 442 g/mol. The number of nitrogens with one attached hydrogen (secondary N) is 1. The molecule has 0 atom stereocenters. The molecule has 5 rings (SSSR count). The predicted molar refractivity (Wildman–Crippen MR) is 134 cm³/mol. The molecule has 2 aliphatic heterocycles. The zero-order valence-corrected chi connectivity index (χ0v) is 21.0. The van der Waals surface area contributed by atoms with Gasteiger partial charge in [-0.1, -0.05) is 50.3 Å². The minimum Gasteiger partial charge on any atom is -0.469 e. The zero-order chi connectivity index (χ0) is 24.5. The van der Waals surface area contributed by atoms with Gasteiger partial charge in [0.15, 0.2) is 0 Å². The number of urea groups is 1. The van der Waals surface area contributed by atoms with E-state index in [1.807, 2.05) is 24.3 Å². The molecule has 1 aromatic rings. The summed E-state index contributed by atoms with van der Waals surface area (Å²) in [5.41, 5.74) is 0.919. The van der Waals surface area contributed by atoms with Gasteiger partial charge in [0.25, 0.3) is 0 Å². The van der Waals surface area contributed by atoms with Crippen molar-refractivity contribution < 1.29 is 19.1 Å². The molecule has 1 aromatic carbocycles. The van der Waals surface area contributed by atoms with Crippen molar-refractivity contribution in [3.63, 3.8) is 0 Å². The van der Waals surface area contributed by atoms with Gasteiger partial charge in [-0.05, 0) is 69.2 Å². The first-order valence-electron chi connectivity index (χ1n) is 13.5. The van der Waals surface area contributed by atoms with Gasteiger partial charge in [0.1, 0.15) is 0 Å². The maximum Gasteiger partial charge on any atom is 0.328 e. The van der Waals surface area contributed by atoms with E-state index in [4.69, 9.17) is 4.74 Å². The van der Waals surface area contributed by atoms with Gasteiger partial charge >= 0.3 is 12.0 Å². The Bertz CT molecular complexity index is 957. The van der Waals surface area contributed by atoms with E-state index in [0.29, 0.717) is 12.5 Å². The van der Waals surface area contributed by atoms with E-state index in [-0.39, 0.29) is 23.3 Å². The Morgan fingerprint density at radius 1 is 1.00 bits per heavy atom. The number of hydrogen-bond donors (Lipinski definition) is 1. The number of amides is 3. The van der Waals surface area contributed by atoms with Crippen molar-refractivity contribution in [1.82, 2.24) is 10.2 Å². The summed E-state index contributed by atoms with van der Waals surface area (Å²) in [7, 11) is 1.51. The molecule has 0 aromatic heterocycles. The molecule has 1 spiro atoms. The van der Waals surface area contributed by atoms with E-state index in [0.717, 1.165) is 95.1 Å². The van der Waals surface area contributed by atoms with E-state index in [2.05, 4.69) is 10.2 Å². The largest absolute Gasteiger partial charge is 0.469 e. The average Bonchev–Trinajstić information content (AvgIpc) is 3.48. The lowest BCUT2D eigenvalue weighted by Gasteiger charge is -2.41. The van der Waals surface area contributed by atoms with Gasteiger partial charge in [-0.25, -0.2) is 9.69 Å². The van der Waals surface area contributed by atoms with Crippen LogP contribution in [0.1, 0.15) is 76.2 Å². The van der Waals surface area contributed by atoms with Crippen LogP contribution in [0.2, 0.25) is 0 Å². The molecule has 7 nitrogen and oxygen atoms in total. The fourth-order valence-corrected chi connectivity index (χ4v) is 7.13. The molecule has 2 heterocycles. The van der Waals surface area contributed by atoms with Crippen LogP contribution in [0.3, 0.4) is 0 Å². The molecule has 0 bridgehead atoms. The second kappa shape index (κ2) is 9.92. The number of carbonyl (C=O) groups excluding carboxylic acids is 3. The van der Waals surface area contributed by atoms with Crippen LogP contribution in [0.5, 0.6) is 0 Å². The van der Waals surface area contributed by atoms with E-state index in [1.165, 1.54) is 18.4 Å². The van der Waals surface area contributed by atoms with Crippen LogP contribution in [0.15, 0.2) is 24.3 Å². The van der Waals surface area contributed by atoms with E-state index < -0.39 is 5.41 Å². The van der Waals surface area contributed by atoms with Crippen molar-refractivity contribution in [3.05, 3.63) is 29.8 Å². The number of rotatable bonds is 5. The fourth-order valence-electron chi connectivity index (χ4n) is 7.13. The number of hydrogen-bond acceptors (Lipinski definition) is 5. The molecule has 7 heteroatoms. The van der Waals surface area contributed by atoms with Gasteiger partial charge in [-0.2, -0.15) is 0 Å². The van der Waals surface area contributed by atoms with Gasteiger partial charge in [0.05, 0.1) is 23.6 Å². The number of ether oxygens (including phenoxy) is 1. The molecule has 4 aliphatic rings. The summed E-state index contributed by atoms with van der Waals surface area (Å²) < 4.78 is 5.19. The molecule has 35 heavy (non-hydrogen) atoms. The molecule has 1 N–H and O–H groups in total.